The quantitative estimate of drug-likeness (QED) is 0.745. The molecule has 2 rings (SSSR count). The summed E-state index contributed by atoms with van der Waals surface area (Å²) in [7, 11) is 4.87. The third kappa shape index (κ3) is 5.41. The van der Waals surface area contributed by atoms with E-state index >= 15 is 0 Å². The molecular weight excluding hydrogens is 330 g/mol. The minimum Gasteiger partial charge on any atom is -0.497 e. The van der Waals surface area contributed by atoms with Crippen molar-refractivity contribution in [3.05, 3.63) is 53.6 Å². The van der Waals surface area contributed by atoms with Crippen LogP contribution in [0.5, 0.6) is 17.2 Å². The average Bonchev–Trinajstić information content (AvgIpc) is 2.67. The molecule has 1 unspecified atom stereocenters. The van der Waals surface area contributed by atoms with Gasteiger partial charge in [-0.25, -0.2) is 0 Å². The standard InChI is InChI=1S/C21H27NO4/c1-15(17-6-8-18(24-2)9-7-17)13-21(23)22-12-11-16-5-10-19(25-3)20(14-16)26-4/h5-10,14-15H,11-13H2,1-4H3,(H,22,23). The average molecular weight is 357 g/mol. The van der Waals surface area contributed by atoms with Crippen molar-refractivity contribution in [2.24, 2.45) is 0 Å². The molecule has 0 aromatic heterocycles. The summed E-state index contributed by atoms with van der Waals surface area (Å²) >= 11 is 0. The summed E-state index contributed by atoms with van der Waals surface area (Å²) in [4.78, 5) is 12.2. The van der Waals surface area contributed by atoms with Crippen molar-refractivity contribution in [2.75, 3.05) is 27.9 Å². The fourth-order valence-corrected chi connectivity index (χ4v) is 2.78. The van der Waals surface area contributed by atoms with Gasteiger partial charge in [-0.3, -0.25) is 4.79 Å². The summed E-state index contributed by atoms with van der Waals surface area (Å²) < 4.78 is 15.7. The predicted molar refractivity (Wildman–Crippen MR) is 102 cm³/mol. The van der Waals surface area contributed by atoms with Gasteiger partial charge in [0, 0.05) is 13.0 Å². The summed E-state index contributed by atoms with van der Waals surface area (Å²) in [5, 5.41) is 2.98. The summed E-state index contributed by atoms with van der Waals surface area (Å²) in [6.45, 7) is 2.64. The molecule has 0 fully saturated rings. The van der Waals surface area contributed by atoms with Gasteiger partial charge in [0.2, 0.25) is 5.91 Å². The first-order chi connectivity index (χ1) is 12.6. The van der Waals surface area contributed by atoms with Crippen LogP contribution in [0.4, 0.5) is 0 Å². The molecule has 0 spiro atoms. The Morgan fingerprint density at radius 3 is 2.27 bits per heavy atom. The number of carbonyl (C=O) groups excluding carboxylic acids is 1. The number of hydrogen-bond acceptors (Lipinski definition) is 4. The molecule has 0 aliphatic rings. The van der Waals surface area contributed by atoms with Crippen molar-refractivity contribution in [1.82, 2.24) is 5.32 Å². The lowest BCUT2D eigenvalue weighted by Gasteiger charge is -2.13. The number of hydrogen-bond donors (Lipinski definition) is 1. The van der Waals surface area contributed by atoms with Gasteiger partial charge in [0.05, 0.1) is 21.3 Å². The van der Waals surface area contributed by atoms with Gasteiger partial charge >= 0.3 is 0 Å². The monoisotopic (exact) mass is 357 g/mol. The van der Waals surface area contributed by atoms with Gasteiger partial charge < -0.3 is 19.5 Å². The number of nitrogens with one attached hydrogen (secondary N) is 1. The fraction of sp³-hybridized carbons (Fsp3) is 0.381. The second-order valence-electron chi connectivity index (χ2n) is 6.17. The van der Waals surface area contributed by atoms with Crippen LogP contribution in [-0.4, -0.2) is 33.8 Å². The normalized spacial score (nSPS) is 11.5. The number of ether oxygens (including phenoxy) is 3. The molecule has 0 saturated heterocycles. The number of carbonyl (C=O) groups is 1. The van der Waals surface area contributed by atoms with Gasteiger partial charge in [-0.05, 0) is 47.7 Å². The van der Waals surface area contributed by atoms with E-state index in [9.17, 15) is 4.79 Å². The number of rotatable bonds is 9. The first kappa shape index (κ1) is 19.6. The lowest BCUT2D eigenvalue weighted by atomic mass is 9.97. The zero-order chi connectivity index (χ0) is 18.9. The Morgan fingerprint density at radius 2 is 1.65 bits per heavy atom. The SMILES string of the molecule is COc1ccc(C(C)CC(=O)NCCc2ccc(OC)c(OC)c2)cc1. The molecule has 0 bridgehead atoms. The molecule has 0 radical (unpaired) electrons. The molecule has 5 nitrogen and oxygen atoms in total. The van der Waals surface area contributed by atoms with E-state index in [1.165, 1.54) is 0 Å². The van der Waals surface area contributed by atoms with Crippen LogP contribution in [0.25, 0.3) is 0 Å². The number of methoxy groups -OCH3 is 3. The fourth-order valence-electron chi connectivity index (χ4n) is 2.78. The first-order valence-corrected chi connectivity index (χ1v) is 8.69. The molecule has 2 aromatic carbocycles. The van der Waals surface area contributed by atoms with Crippen LogP contribution < -0.4 is 19.5 Å². The second kappa shape index (κ2) is 9.70. The maximum absolute atomic E-state index is 12.2. The lowest BCUT2D eigenvalue weighted by Crippen LogP contribution is -2.26. The Morgan fingerprint density at radius 1 is 0.962 bits per heavy atom. The van der Waals surface area contributed by atoms with E-state index in [2.05, 4.69) is 12.2 Å². The van der Waals surface area contributed by atoms with Gasteiger partial charge in [-0.1, -0.05) is 25.1 Å². The molecule has 2 aromatic rings. The highest BCUT2D eigenvalue weighted by Gasteiger charge is 2.11. The van der Waals surface area contributed by atoms with E-state index in [4.69, 9.17) is 14.2 Å². The zero-order valence-electron chi connectivity index (χ0n) is 15.9. The minimum absolute atomic E-state index is 0.0498. The molecule has 0 saturated carbocycles. The van der Waals surface area contributed by atoms with Crippen molar-refractivity contribution in [2.45, 2.75) is 25.7 Å². The van der Waals surface area contributed by atoms with E-state index < -0.39 is 0 Å². The molecule has 1 atom stereocenters. The minimum atomic E-state index is 0.0498. The van der Waals surface area contributed by atoms with Crippen LogP contribution in [0.3, 0.4) is 0 Å². The third-order valence-electron chi connectivity index (χ3n) is 4.36. The maximum atomic E-state index is 12.2. The van der Waals surface area contributed by atoms with Gasteiger partial charge in [-0.15, -0.1) is 0 Å². The number of benzene rings is 2. The van der Waals surface area contributed by atoms with Crippen molar-refractivity contribution in [3.63, 3.8) is 0 Å². The van der Waals surface area contributed by atoms with Crippen molar-refractivity contribution in [3.8, 4) is 17.2 Å². The Hall–Kier alpha value is -2.69. The van der Waals surface area contributed by atoms with Crippen molar-refractivity contribution < 1.29 is 19.0 Å². The molecule has 1 N–H and O–H groups in total. The highest BCUT2D eigenvalue weighted by atomic mass is 16.5. The highest BCUT2D eigenvalue weighted by molar-refractivity contribution is 5.76. The zero-order valence-corrected chi connectivity index (χ0v) is 15.9. The molecule has 5 heteroatoms. The Balaban J connectivity index is 1.81. The first-order valence-electron chi connectivity index (χ1n) is 8.69. The van der Waals surface area contributed by atoms with Crippen LogP contribution >= 0.6 is 0 Å². The third-order valence-corrected chi connectivity index (χ3v) is 4.36. The molecule has 0 heterocycles. The predicted octanol–water partition coefficient (Wildman–Crippen LogP) is 3.56. The van der Waals surface area contributed by atoms with Crippen LogP contribution in [0.2, 0.25) is 0 Å². The molecule has 0 aliphatic carbocycles. The van der Waals surface area contributed by atoms with Gasteiger partial charge in [-0.2, -0.15) is 0 Å². The van der Waals surface area contributed by atoms with Crippen LogP contribution in [0.15, 0.2) is 42.5 Å². The smallest absolute Gasteiger partial charge is 0.220 e. The molecule has 0 aliphatic heterocycles. The molecular formula is C21H27NO4. The van der Waals surface area contributed by atoms with E-state index in [1.807, 2.05) is 42.5 Å². The summed E-state index contributed by atoms with van der Waals surface area (Å²) in [5.74, 6) is 2.43. The highest BCUT2D eigenvalue weighted by Crippen LogP contribution is 2.27. The van der Waals surface area contributed by atoms with Crippen molar-refractivity contribution >= 4 is 5.91 Å². The van der Waals surface area contributed by atoms with Crippen LogP contribution in [-0.2, 0) is 11.2 Å². The number of amides is 1. The lowest BCUT2D eigenvalue weighted by molar-refractivity contribution is -0.121. The summed E-state index contributed by atoms with van der Waals surface area (Å²) in [5.41, 5.74) is 2.21. The van der Waals surface area contributed by atoms with Gasteiger partial charge in [0.1, 0.15) is 5.75 Å². The van der Waals surface area contributed by atoms with Gasteiger partial charge in [0.15, 0.2) is 11.5 Å². The van der Waals surface area contributed by atoms with Gasteiger partial charge in [0.25, 0.3) is 0 Å². The topological polar surface area (TPSA) is 56.8 Å². The van der Waals surface area contributed by atoms with E-state index in [-0.39, 0.29) is 11.8 Å². The van der Waals surface area contributed by atoms with Crippen LogP contribution in [0.1, 0.15) is 30.4 Å². The molecule has 1 amide bonds. The van der Waals surface area contributed by atoms with E-state index in [0.29, 0.717) is 24.5 Å². The van der Waals surface area contributed by atoms with Crippen molar-refractivity contribution in [1.29, 1.82) is 0 Å². The second-order valence-corrected chi connectivity index (χ2v) is 6.17. The largest absolute Gasteiger partial charge is 0.497 e. The van der Waals surface area contributed by atoms with E-state index in [0.717, 1.165) is 23.3 Å². The Labute approximate surface area is 155 Å². The Kier molecular flexibility index (Phi) is 7.33. The summed E-state index contributed by atoms with van der Waals surface area (Å²) in [6.07, 6.45) is 1.20. The van der Waals surface area contributed by atoms with E-state index in [1.54, 1.807) is 21.3 Å². The summed E-state index contributed by atoms with van der Waals surface area (Å²) in [6, 6.07) is 13.6. The molecule has 140 valence electrons. The maximum Gasteiger partial charge on any atom is 0.220 e. The Bertz CT molecular complexity index is 712. The molecule has 26 heavy (non-hydrogen) atoms. The van der Waals surface area contributed by atoms with Crippen LogP contribution in [0, 0.1) is 0 Å².